The maximum absolute atomic E-state index is 11.7. The summed E-state index contributed by atoms with van der Waals surface area (Å²) in [5, 5.41) is 6.01. The van der Waals surface area contributed by atoms with Gasteiger partial charge in [-0.3, -0.25) is 9.36 Å². The number of ether oxygens (including phenoxy) is 1. The van der Waals surface area contributed by atoms with Crippen molar-refractivity contribution in [2.75, 3.05) is 41.5 Å². The lowest BCUT2D eigenvalue weighted by atomic mass is 10.1. The molecule has 36 heavy (non-hydrogen) atoms. The molecule has 2 aromatic carbocycles. The molecule has 1 saturated heterocycles. The second-order valence-corrected chi connectivity index (χ2v) is 8.56. The number of fused-ring (bicyclic) bond motifs is 1. The summed E-state index contributed by atoms with van der Waals surface area (Å²) in [5.74, 6) is 0.354. The summed E-state index contributed by atoms with van der Waals surface area (Å²) < 4.78 is 7.27. The largest absolute Gasteiger partial charge is 0.382 e. The SMILES string of the molecule is C=CC(=O)Nc1cccc(-n2cnc3c(N)nc(Nc4ccc(N5CCC(OC)CC5)cc4)nc32)c1. The van der Waals surface area contributed by atoms with E-state index in [1.807, 2.05) is 30.3 Å². The van der Waals surface area contributed by atoms with Crippen LogP contribution >= 0.6 is 0 Å². The third-order valence-electron chi connectivity index (χ3n) is 6.26. The van der Waals surface area contributed by atoms with Gasteiger partial charge in [0.15, 0.2) is 17.0 Å². The summed E-state index contributed by atoms with van der Waals surface area (Å²) in [6.07, 6.45) is 5.26. The summed E-state index contributed by atoms with van der Waals surface area (Å²) in [4.78, 5) is 27.5. The number of rotatable bonds is 7. The van der Waals surface area contributed by atoms with Gasteiger partial charge in [-0.1, -0.05) is 12.6 Å². The van der Waals surface area contributed by atoms with E-state index in [1.165, 1.54) is 11.8 Å². The molecule has 0 spiro atoms. The van der Waals surface area contributed by atoms with Crippen LogP contribution in [-0.2, 0) is 9.53 Å². The Hall–Kier alpha value is -4.44. The molecule has 1 fully saturated rings. The van der Waals surface area contributed by atoms with E-state index in [2.05, 4.69) is 49.2 Å². The van der Waals surface area contributed by atoms with Crippen LogP contribution in [0.3, 0.4) is 0 Å². The monoisotopic (exact) mass is 484 g/mol. The van der Waals surface area contributed by atoms with E-state index in [-0.39, 0.29) is 11.7 Å². The first kappa shape index (κ1) is 23.3. The molecule has 1 aliphatic heterocycles. The molecule has 3 heterocycles. The van der Waals surface area contributed by atoms with Gasteiger partial charge in [-0.05, 0) is 61.4 Å². The second-order valence-electron chi connectivity index (χ2n) is 8.56. The minimum atomic E-state index is -0.286. The molecule has 4 N–H and O–H groups in total. The first-order chi connectivity index (χ1) is 17.5. The zero-order chi connectivity index (χ0) is 25.1. The standard InChI is InChI=1S/C26H28N8O2/c1-3-22(35)29-18-5-4-6-20(15-18)34-16-28-23-24(27)31-26(32-25(23)34)30-17-7-9-19(10-8-17)33-13-11-21(36-2)12-14-33/h3-10,15-16,21H,1,11-14H2,2H3,(H,29,35)(H3,27,30,31,32). The van der Waals surface area contributed by atoms with Gasteiger partial charge in [0.2, 0.25) is 11.9 Å². The van der Waals surface area contributed by atoms with Gasteiger partial charge < -0.3 is 26.0 Å². The maximum atomic E-state index is 11.7. The highest BCUT2D eigenvalue weighted by molar-refractivity contribution is 5.99. The molecule has 10 heteroatoms. The van der Waals surface area contributed by atoms with Crippen molar-refractivity contribution in [3.63, 3.8) is 0 Å². The van der Waals surface area contributed by atoms with Gasteiger partial charge in [0.05, 0.1) is 11.8 Å². The average Bonchev–Trinajstić information content (AvgIpc) is 3.34. The molecule has 4 aromatic rings. The predicted octanol–water partition coefficient (Wildman–Crippen LogP) is 3.88. The number of carbonyl (C=O) groups is 1. The van der Waals surface area contributed by atoms with Gasteiger partial charge in [0, 0.05) is 37.3 Å². The molecule has 0 bridgehead atoms. The Morgan fingerprint density at radius 1 is 1.11 bits per heavy atom. The number of amides is 1. The van der Waals surface area contributed by atoms with E-state index in [0.717, 1.165) is 37.3 Å². The Bertz CT molecular complexity index is 1390. The van der Waals surface area contributed by atoms with Crippen LogP contribution in [0.5, 0.6) is 0 Å². The number of nitrogens with two attached hydrogens (primary N) is 1. The van der Waals surface area contributed by atoms with Crippen molar-refractivity contribution < 1.29 is 9.53 Å². The molecule has 10 nitrogen and oxygen atoms in total. The summed E-state index contributed by atoms with van der Waals surface area (Å²) in [6, 6.07) is 15.5. The molecule has 5 rings (SSSR count). The zero-order valence-electron chi connectivity index (χ0n) is 20.0. The van der Waals surface area contributed by atoms with E-state index in [9.17, 15) is 4.79 Å². The minimum Gasteiger partial charge on any atom is -0.382 e. The summed E-state index contributed by atoms with van der Waals surface area (Å²) in [5.41, 5.74) is 10.7. The van der Waals surface area contributed by atoms with Crippen molar-refractivity contribution in [1.82, 2.24) is 19.5 Å². The van der Waals surface area contributed by atoms with Crippen LogP contribution in [0.15, 0.2) is 67.5 Å². The molecular weight excluding hydrogens is 456 g/mol. The van der Waals surface area contributed by atoms with Gasteiger partial charge in [0.25, 0.3) is 0 Å². The van der Waals surface area contributed by atoms with E-state index in [4.69, 9.17) is 10.5 Å². The van der Waals surface area contributed by atoms with E-state index in [0.29, 0.717) is 28.9 Å². The highest BCUT2D eigenvalue weighted by atomic mass is 16.5. The summed E-state index contributed by atoms with van der Waals surface area (Å²) in [6.45, 7) is 5.44. The van der Waals surface area contributed by atoms with Gasteiger partial charge in [-0.25, -0.2) is 4.98 Å². The number of methoxy groups -OCH3 is 1. The molecule has 0 unspecified atom stereocenters. The fraction of sp³-hybridized carbons (Fsp3) is 0.231. The molecule has 1 aliphatic rings. The first-order valence-electron chi connectivity index (χ1n) is 11.7. The number of hydrogen-bond donors (Lipinski definition) is 3. The Balaban J connectivity index is 1.37. The summed E-state index contributed by atoms with van der Waals surface area (Å²) in [7, 11) is 1.78. The Morgan fingerprint density at radius 2 is 1.89 bits per heavy atom. The number of nitrogens with one attached hydrogen (secondary N) is 2. The summed E-state index contributed by atoms with van der Waals surface area (Å²) >= 11 is 0. The molecule has 0 saturated carbocycles. The number of anilines is 5. The lowest BCUT2D eigenvalue weighted by molar-refractivity contribution is -0.111. The zero-order valence-corrected chi connectivity index (χ0v) is 20.0. The van der Waals surface area contributed by atoms with Crippen LogP contribution in [0, 0.1) is 0 Å². The smallest absolute Gasteiger partial charge is 0.247 e. The van der Waals surface area contributed by atoms with Crippen molar-refractivity contribution in [3.8, 4) is 5.69 Å². The average molecular weight is 485 g/mol. The number of nitrogen functional groups attached to an aromatic ring is 1. The number of nitrogens with zero attached hydrogens (tertiary/aromatic N) is 5. The van der Waals surface area contributed by atoms with Crippen LogP contribution < -0.4 is 21.3 Å². The molecule has 2 aromatic heterocycles. The van der Waals surface area contributed by atoms with Crippen molar-refractivity contribution >= 4 is 45.9 Å². The number of aromatic nitrogens is 4. The van der Waals surface area contributed by atoms with Crippen molar-refractivity contribution in [2.24, 2.45) is 0 Å². The first-order valence-corrected chi connectivity index (χ1v) is 11.7. The molecular formula is C26H28N8O2. The molecule has 0 atom stereocenters. The topological polar surface area (TPSA) is 123 Å². The number of benzene rings is 2. The van der Waals surface area contributed by atoms with E-state index in [1.54, 1.807) is 24.1 Å². The van der Waals surface area contributed by atoms with Gasteiger partial charge in [-0.15, -0.1) is 0 Å². The second kappa shape index (κ2) is 10.0. The van der Waals surface area contributed by atoms with E-state index >= 15 is 0 Å². The fourth-order valence-corrected chi connectivity index (χ4v) is 4.33. The van der Waals surface area contributed by atoms with Gasteiger partial charge in [0.1, 0.15) is 6.33 Å². The predicted molar refractivity (Wildman–Crippen MR) is 142 cm³/mol. The van der Waals surface area contributed by atoms with Crippen molar-refractivity contribution in [3.05, 3.63) is 67.5 Å². The van der Waals surface area contributed by atoms with Crippen LogP contribution in [0.1, 0.15) is 12.8 Å². The third kappa shape index (κ3) is 4.84. The maximum Gasteiger partial charge on any atom is 0.247 e. The number of carbonyl (C=O) groups excluding carboxylic acids is 1. The van der Waals surface area contributed by atoms with Crippen molar-refractivity contribution in [1.29, 1.82) is 0 Å². The Labute approximate surface area is 208 Å². The van der Waals surface area contributed by atoms with Crippen LogP contribution in [0.2, 0.25) is 0 Å². The number of piperidine rings is 1. The van der Waals surface area contributed by atoms with Crippen LogP contribution in [-0.4, -0.2) is 51.7 Å². The normalized spacial score (nSPS) is 14.1. The fourth-order valence-electron chi connectivity index (χ4n) is 4.33. The molecule has 184 valence electrons. The quantitative estimate of drug-likeness (QED) is 0.338. The molecule has 1 amide bonds. The highest BCUT2D eigenvalue weighted by Gasteiger charge is 2.19. The molecule has 0 radical (unpaired) electrons. The number of hydrogen-bond acceptors (Lipinski definition) is 8. The van der Waals surface area contributed by atoms with Crippen LogP contribution in [0.4, 0.5) is 28.8 Å². The molecule has 0 aliphatic carbocycles. The Kier molecular flexibility index (Phi) is 6.50. The lowest BCUT2D eigenvalue weighted by Crippen LogP contribution is -2.36. The van der Waals surface area contributed by atoms with Gasteiger partial charge >= 0.3 is 0 Å². The van der Waals surface area contributed by atoms with Gasteiger partial charge in [-0.2, -0.15) is 9.97 Å². The Morgan fingerprint density at radius 3 is 2.61 bits per heavy atom. The number of imidazole rings is 1. The highest BCUT2D eigenvalue weighted by Crippen LogP contribution is 2.26. The third-order valence-corrected chi connectivity index (χ3v) is 6.26. The van der Waals surface area contributed by atoms with Crippen molar-refractivity contribution in [2.45, 2.75) is 18.9 Å². The van der Waals surface area contributed by atoms with E-state index < -0.39 is 0 Å². The lowest BCUT2D eigenvalue weighted by Gasteiger charge is -2.33. The van der Waals surface area contributed by atoms with Crippen LogP contribution in [0.25, 0.3) is 16.9 Å². The minimum absolute atomic E-state index is 0.273.